The molecule has 0 radical (unpaired) electrons. The van der Waals surface area contributed by atoms with Crippen molar-refractivity contribution in [3.63, 3.8) is 0 Å². The Kier molecular flexibility index (Phi) is 8.29. The molecule has 13 heteroatoms. The third kappa shape index (κ3) is 6.83. The number of alkyl halides is 8. The lowest BCUT2D eigenvalue weighted by Crippen LogP contribution is -2.47. The van der Waals surface area contributed by atoms with E-state index in [1.807, 2.05) is 0 Å². The number of hydrogen-bond acceptors (Lipinski definition) is 4. The zero-order valence-corrected chi connectivity index (χ0v) is 22.7. The second-order valence-electron chi connectivity index (χ2n) is 10.6. The van der Waals surface area contributed by atoms with Gasteiger partial charge in [-0.25, -0.2) is 13.2 Å². The van der Waals surface area contributed by atoms with Crippen molar-refractivity contribution in [1.82, 2.24) is 10.3 Å². The Balaban J connectivity index is 1.67. The first-order valence-corrected chi connectivity index (χ1v) is 12.8. The zero-order chi connectivity index (χ0) is 31.1. The van der Waals surface area contributed by atoms with E-state index in [0.717, 1.165) is 31.3 Å². The van der Waals surface area contributed by atoms with Crippen molar-refractivity contribution < 1.29 is 44.7 Å². The van der Waals surface area contributed by atoms with Crippen molar-refractivity contribution in [1.29, 1.82) is 0 Å². The average Bonchev–Trinajstić information content (AvgIpc) is 3.23. The fourth-order valence-corrected chi connectivity index (χ4v) is 4.81. The highest BCUT2D eigenvalue weighted by molar-refractivity contribution is 6.00. The van der Waals surface area contributed by atoms with Gasteiger partial charge in [0.2, 0.25) is 5.91 Å². The standard InChI is InChI=1S/C29H27F8N3O2/c1-26(2,19-7-12-24(38-15-19)29(35,36)37)39-22-14-23(17-5-4-6-18(13-17)27(3,31)32)40(25(22)41)20-8-10-21(11-9-20)42-28(33,34)16-30/h4-13,15,22-23,39H,14,16H2,1-3H3/t22-,23-/m0/s1. The molecule has 0 unspecified atom stereocenters. The summed E-state index contributed by atoms with van der Waals surface area (Å²) < 4.78 is 111. The summed E-state index contributed by atoms with van der Waals surface area (Å²) in [5.74, 6) is -4.02. The minimum Gasteiger partial charge on any atom is -0.431 e. The van der Waals surface area contributed by atoms with Crippen LogP contribution in [0.15, 0.2) is 66.9 Å². The molecule has 0 aliphatic carbocycles. The maximum atomic E-state index is 14.1. The molecule has 1 amide bonds. The first-order valence-electron chi connectivity index (χ1n) is 12.8. The number of pyridine rings is 1. The first kappa shape index (κ1) is 31.2. The molecule has 3 aromatic rings. The van der Waals surface area contributed by atoms with Gasteiger partial charge < -0.3 is 9.64 Å². The predicted molar refractivity (Wildman–Crippen MR) is 138 cm³/mol. The van der Waals surface area contributed by atoms with Gasteiger partial charge in [0.1, 0.15) is 11.4 Å². The van der Waals surface area contributed by atoms with Crippen LogP contribution < -0.4 is 15.0 Å². The Labute approximate surface area is 236 Å². The van der Waals surface area contributed by atoms with E-state index in [-0.39, 0.29) is 23.4 Å². The maximum absolute atomic E-state index is 14.1. The first-order chi connectivity index (χ1) is 19.4. The highest BCUT2D eigenvalue weighted by atomic mass is 19.4. The van der Waals surface area contributed by atoms with Gasteiger partial charge in [0, 0.05) is 29.9 Å². The van der Waals surface area contributed by atoms with E-state index < -0.39 is 54.1 Å². The molecular weight excluding hydrogens is 574 g/mol. The average molecular weight is 602 g/mol. The van der Waals surface area contributed by atoms with Crippen molar-refractivity contribution in [2.24, 2.45) is 0 Å². The van der Waals surface area contributed by atoms with E-state index in [2.05, 4.69) is 15.0 Å². The van der Waals surface area contributed by atoms with Crippen LogP contribution in [0.2, 0.25) is 0 Å². The van der Waals surface area contributed by atoms with Crippen molar-refractivity contribution in [2.75, 3.05) is 11.6 Å². The van der Waals surface area contributed by atoms with Gasteiger partial charge in [-0.15, -0.1) is 0 Å². The summed E-state index contributed by atoms with van der Waals surface area (Å²) in [6.07, 6.45) is -7.54. The van der Waals surface area contributed by atoms with Gasteiger partial charge in [-0.2, -0.15) is 22.0 Å². The third-order valence-electron chi connectivity index (χ3n) is 6.93. The predicted octanol–water partition coefficient (Wildman–Crippen LogP) is 7.52. The summed E-state index contributed by atoms with van der Waals surface area (Å²) in [4.78, 5) is 18.6. The summed E-state index contributed by atoms with van der Waals surface area (Å²) in [7, 11) is 0. The third-order valence-corrected chi connectivity index (χ3v) is 6.93. The molecule has 2 aromatic carbocycles. The monoisotopic (exact) mass is 601 g/mol. The van der Waals surface area contributed by atoms with E-state index in [9.17, 15) is 39.9 Å². The summed E-state index contributed by atoms with van der Waals surface area (Å²) in [5.41, 5.74) is -1.43. The van der Waals surface area contributed by atoms with Crippen molar-refractivity contribution in [3.8, 4) is 5.75 Å². The normalized spacial score (nSPS) is 18.5. The van der Waals surface area contributed by atoms with Crippen LogP contribution in [-0.2, 0) is 22.4 Å². The van der Waals surface area contributed by atoms with Crippen LogP contribution in [-0.4, -0.2) is 29.7 Å². The van der Waals surface area contributed by atoms with E-state index >= 15 is 0 Å². The van der Waals surface area contributed by atoms with E-state index in [4.69, 9.17) is 0 Å². The van der Waals surface area contributed by atoms with Crippen LogP contribution >= 0.6 is 0 Å². The molecule has 2 heterocycles. The number of anilines is 1. The van der Waals surface area contributed by atoms with E-state index in [1.54, 1.807) is 19.9 Å². The number of amides is 1. The molecule has 226 valence electrons. The van der Waals surface area contributed by atoms with Gasteiger partial charge >= 0.3 is 12.3 Å². The Morgan fingerprint density at radius 2 is 1.60 bits per heavy atom. The fraction of sp³-hybridized carbons (Fsp3) is 0.379. The Morgan fingerprint density at radius 3 is 2.14 bits per heavy atom. The van der Waals surface area contributed by atoms with Crippen LogP contribution in [0.25, 0.3) is 0 Å². The topological polar surface area (TPSA) is 54.5 Å². The molecule has 1 N–H and O–H groups in total. The van der Waals surface area contributed by atoms with Gasteiger partial charge in [-0.3, -0.25) is 15.1 Å². The van der Waals surface area contributed by atoms with Gasteiger partial charge in [0.25, 0.3) is 5.92 Å². The number of ether oxygens (including phenoxy) is 1. The van der Waals surface area contributed by atoms with Gasteiger partial charge in [0.05, 0.1) is 12.1 Å². The SMILES string of the molecule is CC(F)(F)c1cccc([C@@H]2C[C@H](NC(C)(C)c3ccc(C(F)(F)F)nc3)C(=O)N2c2ccc(OC(F)(F)CF)cc2)c1. The number of halogens is 8. The van der Waals surface area contributed by atoms with E-state index in [1.165, 1.54) is 41.3 Å². The molecule has 0 spiro atoms. The summed E-state index contributed by atoms with van der Waals surface area (Å²) in [5, 5.41) is 3.15. The summed E-state index contributed by atoms with van der Waals surface area (Å²) >= 11 is 0. The lowest BCUT2D eigenvalue weighted by molar-refractivity contribution is -0.186. The minimum atomic E-state index is -4.63. The smallest absolute Gasteiger partial charge is 0.431 e. The van der Waals surface area contributed by atoms with Gasteiger partial charge in [0.15, 0.2) is 6.67 Å². The molecule has 1 aliphatic rings. The van der Waals surface area contributed by atoms with Gasteiger partial charge in [-0.05, 0) is 67.8 Å². The van der Waals surface area contributed by atoms with Gasteiger partial charge in [-0.1, -0.05) is 24.3 Å². The number of carbonyl (C=O) groups is 1. The summed E-state index contributed by atoms with van der Waals surface area (Å²) in [6, 6.07) is 10.8. The molecule has 5 nitrogen and oxygen atoms in total. The molecule has 0 saturated carbocycles. The van der Waals surface area contributed by atoms with Crippen molar-refractivity contribution >= 4 is 11.6 Å². The van der Waals surface area contributed by atoms with Crippen molar-refractivity contribution in [3.05, 3.63) is 89.2 Å². The molecular formula is C29H27F8N3O2. The zero-order valence-electron chi connectivity index (χ0n) is 22.7. The number of nitrogens with zero attached hydrogens (tertiary/aromatic N) is 2. The maximum Gasteiger partial charge on any atom is 0.433 e. The Morgan fingerprint density at radius 1 is 0.929 bits per heavy atom. The number of rotatable bonds is 9. The molecule has 1 saturated heterocycles. The summed E-state index contributed by atoms with van der Waals surface area (Å²) in [6.45, 7) is 1.99. The molecule has 4 rings (SSSR count). The molecule has 1 aromatic heterocycles. The van der Waals surface area contributed by atoms with Crippen molar-refractivity contribution in [2.45, 2.75) is 63.0 Å². The highest BCUT2D eigenvalue weighted by Crippen LogP contribution is 2.41. The highest BCUT2D eigenvalue weighted by Gasteiger charge is 2.44. The minimum absolute atomic E-state index is 0.0766. The van der Waals surface area contributed by atoms with Crippen LogP contribution in [0, 0.1) is 0 Å². The Bertz CT molecular complexity index is 1400. The number of benzene rings is 2. The second-order valence-corrected chi connectivity index (χ2v) is 10.6. The number of nitrogens with one attached hydrogen (secondary N) is 1. The molecule has 42 heavy (non-hydrogen) atoms. The largest absolute Gasteiger partial charge is 0.433 e. The second kappa shape index (κ2) is 11.2. The number of carbonyl (C=O) groups excluding carboxylic acids is 1. The fourth-order valence-electron chi connectivity index (χ4n) is 4.81. The van der Waals surface area contributed by atoms with Crippen LogP contribution in [0.1, 0.15) is 55.6 Å². The number of aromatic nitrogens is 1. The van der Waals surface area contributed by atoms with E-state index in [0.29, 0.717) is 11.1 Å². The quantitative estimate of drug-likeness (QED) is 0.258. The molecule has 2 atom stereocenters. The van der Waals surface area contributed by atoms with Crippen LogP contribution in [0.4, 0.5) is 40.8 Å². The van der Waals surface area contributed by atoms with Crippen LogP contribution in [0.3, 0.4) is 0 Å². The van der Waals surface area contributed by atoms with Crippen LogP contribution in [0.5, 0.6) is 5.75 Å². The lowest BCUT2D eigenvalue weighted by atomic mass is 9.93. The molecule has 0 bridgehead atoms. The number of hydrogen-bond donors (Lipinski definition) is 1. The molecule has 1 aliphatic heterocycles. The molecule has 1 fully saturated rings. The Hall–Kier alpha value is -3.74. The lowest BCUT2D eigenvalue weighted by Gasteiger charge is -2.30.